The van der Waals surface area contributed by atoms with Crippen LogP contribution in [0.1, 0.15) is 46.5 Å². The Morgan fingerprint density at radius 3 is 3.05 bits per heavy atom. The van der Waals surface area contributed by atoms with Gasteiger partial charge in [-0.1, -0.05) is 20.8 Å². The molecule has 1 atom stereocenters. The fraction of sp³-hybridized carbons (Fsp3) is 0.750. The molecule has 0 aliphatic carbocycles. The van der Waals surface area contributed by atoms with E-state index in [4.69, 9.17) is 4.74 Å². The van der Waals surface area contributed by atoms with E-state index in [1.807, 2.05) is 22.6 Å². The summed E-state index contributed by atoms with van der Waals surface area (Å²) in [5, 5.41) is 7.19. The smallest absolute Gasteiger partial charge is 0.224 e. The molecule has 1 saturated heterocycles. The third-order valence-electron chi connectivity index (χ3n) is 3.41. The summed E-state index contributed by atoms with van der Waals surface area (Å²) < 4.78 is 7.70. The number of amides is 1. The fourth-order valence-corrected chi connectivity index (χ4v) is 3.26. The lowest BCUT2D eigenvalue weighted by Gasteiger charge is -2.16. The van der Waals surface area contributed by atoms with Crippen LogP contribution in [0.2, 0.25) is 0 Å². The van der Waals surface area contributed by atoms with Crippen molar-refractivity contribution in [3.8, 4) is 0 Å². The molecule has 6 heteroatoms. The van der Waals surface area contributed by atoms with Crippen molar-refractivity contribution in [2.45, 2.75) is 63.9 Å². The van der Waals surface area contributed by atoms with Gasteiger partial charge in [0.1, 0.15) is 0 Å². The lowest BCUT2D eigenvalue weighted by atomic mass is 10.2. The number of hydrogen-bond donors (Lipinski definition) is 1. The van der Waals surface area contributed by atoms with E-state index in [0.29, 0.717) is 6.42 Å². The summed E-state index contributed by atoms with van der Waals surface area (Å²) in [6, 6.07) is 0. The quantitative estimate of drug-likeness (QED) is 0.781. The molecular weight excluding hydrogens is 298 g/mol. The molecule has 1 aliphatic rings. The van der Waals surface area contributed by atoms with Gasteiger partial charge >= 0.3 is 0 Å². The Morgan fingerprint density at radius 2 is 2.36 bits per heavy atom. The van der Waals surface area contributed by atoms with Crippen molar-refractivity contribution >= 4 is 23.4 Å². The summed E-state index contributed by atoms with van der Waals surface area (Å²) in [7, 11) is 0. The van der Waals surface area contributed by atoms with E-state index >= 15 is 0 Å². The van der Waals surface area contributed by atoms with Crippen molar-refractivity contribution in [2.75, 3.05) is 17.7 Å². The van der Waals surface area contributed by atoms with E-state index in [9.17, 15) is 4.79 Å². The first kappa shape index (κ1) is 17.3. The number of nitrogens with one attached hydrogen (secondary N) is 1. The van der Waals surface area contributed by atoms with Crippen LogP contribution in [0.4, 0.5) is 5.69 Å². The highest BCUT2D eigenvalue weighted by Gasteiger charge is 2.16. The van der Waals surface area contributed by atoms with Crippen LogP contribution in [0, 0.1) is 0 Å². The number of carbonyl (C=O) groups is 1. The maximum Gasteiger partial charge on any atom is 0.224 e. The highest BCUT2D eigenvalue weighted by atomic mass is 32.2. The van der Waals surface area contributed by atoms with E-state index in [1.54, 1.807) is 6.20 Å². The predicted molar refractivity (Wildman–Crippen MR) is 91.3 cm³/mol. The minimum absolute atomic E-state index is 0.0613. The molecule has 1 aliphatic heterocycles. The van der Waals surface area contributed by atoms with E-state index in [1.165, 1.54) is 0 Å². The molecule has 1 aromatic rings. The molecule has 1 N–H and O–H groups in total. The first-order valence-corrected chi connectivity index (χ1v) is 8.99. The molecule has 0 spiro atoms. The fourth-order valence-electron chi connectivity index (χ4n) is 2.36. The maximum atomic E-state index is 11.9. The average molecular weight is 325 g/mol. The Labute approximate surface area is 137 Å². The highest BCUT2D eigenvalue weighted by molar-refractivity contribution is 8.00. The molecule has 2 rings (SSSR count). The second kappa shape index (κ2) is 8.02. The summed E-state index contributed by atoms with van der Waals surface area (Å²) in [6.45, 7) is 8.20. The van der Waals surface area contributed by atoms with Crippen molar-refractivity contribution in [3.05, 3.63) is 12.4 Å². The average Bonchev–Trinajstić information content (AvgIpc) is 3.06. The van der Waals surface area contributed by atoms with Crippen LogP contribution < -0.4 is 5.32 Å². The van der Waals surface area contributed by atoms with Crippen LogP contribution in [-0.2, 0) is 16.1 Å². The third kappa shape index (κ3) is 6.40. The predicted octanol–water partition coefficient (Wildman–Crippen LogP) is 3.31. The third-order valence-corrected chi connectivity index (χ3v) is 4.77. The van der Waals surface area contributed by atoms with Gasteiger partial charge in [0.05, 0.1) is 24.5 Å². The van der Waals surface area contributed by atoms with Gasteiger partial charge in [-0.15, -0.1) is 0 Å². The minimum atomic E-state index is 0.0613. The second-order valence-electron chi connectivity index (χ2n) is 6.70. The van der Waals surface area contributed by atoms with Gasteiger partial charge in [-0.05, 0) is 25.0 Å². The summed E-state index contributed by atoms with van der Waals surface area (Å²) in [5.74, 6) is 1.07. The number of nitrogens with zero attached hydrogens (tertiary/aromatic N) is 2. The zero-order chi connectivity index (χ0) is 16.0. The largest absolute Gasteiger partial charge is 0.376 e. The summed E-state index contributed by atoms with van der Waals surface area (Å²) in [5.41, 5.74) is 0.770. The van der Waals surface area contributed by atoms with Crippen molar-refractivity contribution in [2.24, 2.45) is 0 Å². The van der Waals surface area contributed by atoms with Gasteiger partial charge in [0, 0.05) is 24.0 Å². The Bertz CT molecular complexity index is 476. The van der Waals surface area contributed by atoms with E-state index in [-0.39, 0.29) is 16.8 Å². The zero-order valence-electron chi connectivity index (χ0n) is 13.8. The number of carbonyl (C=O) groups excluding carboxylic acids is 1. The van der Waals surface area contributed by atoms with Crippen molar-refractivity contribution in [3.63, 3.8) is 0 Å². The van der Waals surface area contributed by atoms with Crippen LogP contribution in [-0.4, -0.2) is 38.9 Å². The van der Waals surface area contributed by atoms with Gasteiger partial charge in [-0.2, -0.15) is 16.9 Å². The van der Waals surface area contributed by atoms with Crippen molar-refractivity contribution in [1.82, 2.24) is 9.78 Å². The van der Waals surface area contributed by atoms with Crippen LogP contribution in [0.15, 0.2) is 12.4 Å². The Hall–Kier alpha value is -1.01. The second-order valence-corrected chi connectivity index (χ2v) is 8.62. The van der Waals surface area contributed by atoms with Gasteiger partial charge in [0.25, 0.3) is 0 Å². The molecule has 1 aromatic heterocycles. The number of rotatable bonds is 7. The topological polar surface area (TPSA) is 56.2 Å². The normalized spacial score (nSPS) is 18.6. The van der Waals surface area contributed by atoms with Crippen LogP contribution in [0.5, 0.6) is 0 Å². The Kier molecular flexibility index (Phi) is 6.32. The van der Waals surface area contributed by atoms with Gasteiger partial charge in [-0.25, -0.2) is 0 Å². The number of anilines is 1. The number of thioether (sulfide) groups is 1. The van der Waals surface area contributed by atoms with E-state index < -0.39 is 0 Å². The molecule has 1 amide bonds. The number of aromatic nitrogens is 2. The monoisotopic (exact) mass is 325 g/mol. The summed E-state index contributed by atoms with van der Waals surface area (Å²) in [6.07, 6.45) is 7.52. The summed E-state index contributed by atoms with van der Waals surface area (Å²) in [4.78, 5) is 11.9. The number of hydrogen-bond acceptors (Lipinski definition) is 4. The summed E-state index contributed by atoms with van der Waals surface area (Å²) >= 11 is 1.89. The van der Waals surface area contributed by atoms with Crippen molar-refractivity contribution in [1.29, 1.82) is 0 Å². The number of ether oxygens (including phenoxy) is 1. The van der Waals surface area contributed by atoms with Gasteiger partial charge < -0.3 is 10.1 Å². The molecule has 1 fully saturated rings. The van der Waals surface area contributed by atoms with E-state index in [0.717, 1.165) is 43.9 Å². The van der Waals surface area contributed by atoms with Gasteiger partial charge in [0.2, 0.25) is 5.91 Å². The SMILES string of the molecule is CC(C)(C)SCCCC(=O)Nc1cnn(C[C@H]2CCCO2)c1. The molecule has 0 unspecified atom stereocenters. The first-order valence-electron chi connectivity index (χ1n) is 8.00. The zero-order valence-corrected chi connectivity index (χ0v) is 14.6. The molecule has 124 valence electrons. The van der Waals surface area contributed by atoms with Gasteiger partial charge in [-0.3, -0.25) is 9.48 Å². The Morgan fingerprint density at radius 1 is 1.55 bits per heavy atom. The molecule has 2 heterocycles. The lowest BCUT2D eigenvalue weighted by molar-refractivity contribution is -0.116. The van der Waals surface area contributed by atoms with Crippen LogP contribution in [0.25, 0.3) is 0 Å². The van der Waals surface area contributed by atoms with Crippen LogP contribution >= 0.6 is 11.8 Å². The highest BCUT2D eigenvalue weighted by Crippen LogP contribution is 2.24. The molecule has 22 heavy (non-hydrogen) atoms. The minimum Gasteiger partial charge on any atom is -0.376 e. The molecule has 0 aromatic carbocycles. The Balaban J connectivity index is 1.67. The van der Waals surface area contributed by atoms with Crippen LogP contribution in [0.3, 0.4) is 0 Å². The van der Waals surface area contributed by atoms with Gasteiger partial charge in [0.15, 0.2) is 0 Å². The molecule has 5 nitrogen and oxygen atoms in total. The molecular formula is C16H27N3O2S. The molecule has 0 saturated carbocycles. The lowest BCUT2D eigenvalue weighted by Crippen LogP contribution is -2.15. The maximum absolute atomic E-state index is 11.9. The van der Waals surface area contributed by atoms with Crippen molar-refractivity contribution < 1.29 is 9.53 Å². The molecule has 0 bridgehead atoms. The first-order chi connectivity index (χ1) is 10.4. The molecule has 0 radical (unpaired) electrons. The van der Waals surface area contributed by atoms with E-state index in [2.05, 4.69) is 31.2 Å². The standard InChI is InChI=1S/C16H27N3O2S/c1-16(2,3)22-9-5-7-15(20)18-13-10-17-19(11-13)12-14-6-4-8-21-14/h10-11,14H,4-9,12H2,1-3H3,(H,18,20)/t14-/m1/s1.